The molecule has 0 fully saturated rings. The summed E-state index contributed by atoms with van der Waals surface area (Å²) in [5, 5.41) is 6.30. The van der Waals surface area contributed by atoms with Crippen molar-refractivity contribution in [3.8, 4) is 0 Å². The summed E-state index contributed by atoms with van der Waals surface area (Å²) in [4.78, 5) is 30.2. The maximum absolute atomic E-state index is 12.6. The Bertz CT molecular complexity index is 984. The van der Waals surface area contributed by atoms with Crippen molar-refractivity contribution in [3.63, 3.8) is 0 Å². The molecule has 3 rings (SSSR count). The number of ether oxygens (including phenoxy) is 1. The van der Waals surface area contributed by atoms with E-state index in [1.54, 1.807) is 18.3 Å². The summed E-state index contributed by atoms with van der Waals surface area (Å²) in [6.45, 7) is 4.18. The summed E-state index contributed by atoms with van der Waals surface area (Å²) in [5.41, 5.74) is 2.27. The molecule has 0 radical (unpaired) electrons. The zero-order valence-electron chi connectivity index (χ0n) is 17.2. The van der Waals surface area contributed by atoms with Crippen LogP contribution in [0.5, 0.6) is 0 Å². The van der Waals surface area contributed by atoms with E-state index in [9.17, 15) is 9.59 Å². The summed E-state index contributed by atoms with van der Waals surface area (Å²) in [6.07, 6.45) is 1.34. The minimum atomic E-state index is -0.689. The number of hydrogen-bond acceptors (Lipinski definition) is 5. The Morgan fingerprint density at radius 1 is 1.03 bits per heavy atom. The molecule has 0 saturated carbocycles. The third-order valence-electron chi connectivity index (χ3n) is 4.50. The van der Waals surface area contributed by atoms with Gasteiger partial charge < -0.3 is 15.4 Å². The normalized spacial score (nSPS) is 11.9. The predicted molar refractivity (Wildman–Crippen MR) is 120 cm³/mol. The average molecular weight is 424 g/mol. The second-order valence-electron chi connectivity index (χ2n) is 7.16. The van der Waals surface area contributed by atoms with Crippen molar-refractivity contribution in [3.05, 3.63) is 76.8 Å². The second-order valence-corrected chi connectivity index (χ2v) is 8.22. The lowest BCUT2D eigenvalue weighted by Gasteiger charge is -2.15. The largest absolute Gasteiger partial charge is 0.367 e. The summed E-state index contributed by atoms with van der Waals surface area (Å²) >= 11 is 1.49. The van der Waals surface area contributed by atoms with Gasteiger partial charge in [0.25, 0.3) is 5.91 Å². The van der Waals surface area contributed by atoms with Gasteiger partial charge in [0.2, 0.25) is 5.91 Å². The van der Waals surface area contributed by atoms with Gasteiger partial charge >= 0.3 is 0 Å². The van der Waals surface area contributed by atoms with E-state index in [2.05, 4.69) is 29.5 Å². The number of aromatic nitrogens is 1. The fourth-order valence-electron chi connectivity index (χ4n) is 2.90. The monoisotopic (exact) mass is 423 g/mol. The van der Waals surface area contributed by atoms with Gasteiger partial charge in [-0.1, -0.05) is 56.3 Å². The first kappa shape index (κ1) is 21.7. The number of nitrogens with zero attached hydrogens (tertiary/aromatic N) is 1. The van der Waals surface area contributed by atoms with Gasteiger partial charge in [-0.25, -0.2) is 4.98 Å². The van der Waals surface area contributed by atoms with Gasteiger partial charge in [0.15, 0.2) is 11.2 Å². The molecule has 0 spiro atoms. The number of thiazole rings is 1. The van der Waals surface area contributed by atoms with Gasteiger partial charge in [-0.15, -0.1) is 11.3 Å². The van der Waals surface area contributed by atoms with Crippen molar-refractivity contribution in [2.24, 2.45) is 0 Å². The lowest BCUT2D eigenvalue weighted by atomic mass is 10.1. The average Bonchev–Trinajstić information content (AvgIpc) is 3.19. The molecule has 1 aromatic heterocycles. The standard InChI is InChI=1S/C23H25N3O3S/c1-15(2)19-14-24-23(30-19)26-20(27)13-16-9-11-18(12-10-16)25-22(28)21(29-3)17-7-5-4-6-8-17/h4-12,14-15,21H,13H2,1-3H3,(H,25,28)(H,24,26,27). The highest BCUT2D eigenvalue weighted by Crippen LogP contribution is 2.25. The summed E-state index contributed by atoms with van der Waals surface area (Å²) < 4.78 is 5.35. The number of benzene rings is 2. The van der Waals surface area contributed by atoms with Crippen molar-refractivity contribution in [1.29, 1.82) is 0 Å². The topological polar surface area (TPSA) is 80.3 Å². The third-order valence-corrected chi connectivity index (χ3v) is 5.71. The maximum Gasteiger partial charge on any atom is 0.258 e. The van der Waals surface area contributed by atoms with Crippen LogP contribution in [0.4, 0.5) is 10.8 Å². The van der Waals surface area contributed by atoms with E-state index >= 15 is 0 Å². The van der Waals surface area contributed by atoms with Crippen LogP contribution in [-0.2, 0) is 20.7 Å². The molecule has 156 valence electrons. The number of amides is 2. The molecule has 0 aliphatic heterocycles. The van der Waals surface area contributed by atoms with Gasteiger partial charge in [0, 0.05) is 23.9 Å². The molecule has 7 heteroatoms. The lowest BCUT2D eigenvalue weighted by Crippen LogP contribution is -2.22. The van der Waals surface area contributed by atoms with Crippen molar-refractivity contribution < 1.29 is 14.3 Å². The fraction of sp³-hybridized carbons (Fsp3) is 0.261. The highest BCUT2D eigenvalue weighted by Gasteiger charge is 2.19. The maximum atomic E-state index is 12.6. The highest BCUT2D eigenvalue weighted by atomic mass is 32.1. The number of methoxy groups -OCH3 is 1. The SMILES string of the molecule is COC(C(=O)Nc1ccc(CC(=O)Nc2ncc(C(C)C)s2)cc1)c1ccccc1. The van der Waals surface area contributed by atoms with E-state index < -0.39 is 6.10 Å². The molecule has 1 atom stereocenters. The minimum absolute atomic E-state index is 0.125. The van der Waals surface area contributed by atoms with Gasteiger partial charge in [0.05, 0.1) is 6.42 Å². The van der Waals surface area contributed by atoms with E-state index in [-0.39, 0.29) is 18.2 Å². The molecule has 1 heterocycles. The zero-order chi connectivity index (χ0) is 21.5. The summed E-state index contributed by atoms with van der Waals surface area (Å²) in [7, 11) is 1.51. The first-order valence-corrected chi connectivity index (χ1v) is 10.5. The smallest absolute Gasteiger partial charge is 0.258 e. The third kappa shape index (κ3) is 5.75. The molecule has 0 saturated heterocycles. The Hall–Kier alpha value is -3.03. The summed E-state index contributed by atoms with van der Waals surface area (Å²) in [6, 6.07) is 16.5. The fourth-order valence-corrected chi connectivity index (χ4v) is 3.73. The molecule has 0 bridgehead atoms. The first-order chi connectivity index (χ1) is 14.5. The van der Waals surface area contributed by atoms with Gasteiger partial charge in [-0.2, -0.15) is 0 Å². The summed E-state index contributed by atoms with van der Waals surface area (Å²) in [5.74, 6) is 0.00869. The second kappa shape index (κ2) is 10.1. The Morgan fingerprint density at radius 2 is 1.73 bits per heavy atom. The van der Waals surface area contributed by atoms with Crippen LogP contribution in [0.25, 0.3) is 0 Å². The van der Waals surface area contributed by atoms with Crippen LogP contribution in [0.3, 0.4) is 0 Å². The van der Waals surface area contributed by atoms with E-state index in [1.165, 1.54) is 18.4 Å². The van der Waals surface area contributed by atoms with Crippen LogP contribution in [0.1, 0.15) is 41.9 Å². The molecule has 30 heavy (non-hydrogen) atoms. The molecule has 3 aromatic rings. The molecule has 2 amide bonds. The van der Waals surface area contributed by atoms with Gasteiger partial charge in [-0.05, 0) is 29.2 Å². The molecule has 0 aliphatic rings. The van der Waals surface area contributed by atoms with Gasteiger partial charge in [-0.3, -0.25) is 9.59 Å². The van der Waals surface area contributed by atoms with Crippen LogP contribution in [-0.4, -0.2) is 23.9 Å². The number of carbonyl (C=O) groups excluding carboxylic acids is 2. The Kier molecular flexibility index (Phi) is 7.32. The minimum Gasteiger partial charge on any atom is -0.367 e. The van der Waals surface area contributed by atoms with E-state index in [1.807, 2.05) is 42.5 Å². The molecular formula is C23H25N3O3S. The number of anilines is 2. The van der Waals surface area contributed by atoms with Crippen molar-refractivity contribution >= 4 is 34.0 Å². The lowest BCUT2D eigenvalue weighted by molar-refractivity contribution is -0.126. The van der Waals surface area contributed by atoms with Crippen molar-refractivity contribution in [1.82, 2.24) is 4.98 Å². The van der Waals surface area contributed by atoms with Crippen LogP contribution in [0, 0.1) is 0 Å². The Balaban J connectivity index is 1.56. The van der Waals surface area contributed by atoms with Crippen LogP contribution >= 0.6 is 11.3 Å². The number of nitrogens with one attached hydrogen (secondary N) is 2. The van der Waals surface area contributed by atoms with Crippen LogP contribution in [0.2, 0.25) is 0 Å². The zero-order valence-corrected chi connectivity index (χ0v) is 18.0. The van der Waals surface area contributed by atoms with Crippen molar-refractivity contribution in [2.75, 3.05) is 17.7 Å². The first-order valence-electron chi connectivity index (χ1n) is 9.69. The molecule has 1 unspecified atom stereocenters. The molecular weight excluding hydrogens is 398 g/mol. The molecule has 6 nitrogen and oxygen atoms in total. The van der Waals surface area contributed by atoms with Gasteiger partial charge in [0.1, 0.15) is 0 Å². The van der Waals surface area contributed by atoms with Crippen LogP contribution < -0.4 is 10.6 Å². The molecule has 2 N–H and O–H groups in total. The molecule has 2 aromatic carbocycles. The predicted octanol–water partition coefficient (Wildman–Crippen LogP) is 4.77. The van der Waals surface area contributed by atoms with E-state index in [0.29, 0.717) is 16.7 Å². The van der Waals surface area contributed by atoms with E-state index in [0.717, 1.165) is 16.0 Å². The Labute approximate surface area is 180 Å². The number of hydrogen-bond donors (Lipinski definition) is 2. The van der Waals surface area contributed by atoms with Crippen LogP contribution in [0.15, 0.2) is 60.8 Å². The van der Waals surface area contributed by atoms with E-state index in [4.69, 9.17) is 4.74 Å². The quantitative estimate of drug-likeness (QED) is 0.547. The number of rotatable bonds is 8. The number of carbonyl (C=O) groups is 2. The Morgan fingerprint density at radius 3 is 2.33 bits per heavy atom. The van der Waals surface area contributed by atoms with Crippen molar-refractivity contribution in [2.45, 2.75) is 32.3 Å². The molecule has 0 aliphatic carbocycles. The highest BCUT2D eigenvalue weighted by molar-refractivity contribution is 7.15.